The number of nitrogens with zero attached hydrogens (tertiary/aromatic N) is 1. The smallest absolute Gasteiger partial charge is 0.0714 e. The lowest BCUT2D eigenvalue weighted by Gasteiger charge is -2.35. The average Bonchev–Trinajstić information content (AvgIpc) is 3.70. The van der Waals surface area contributed by atoms with Crippen LogP contribution in [0.5, 0.6) is 0 Å². The predicted octanol–water partition coefficient (Wildman–Crippen LogP) is 14.6. The van der Waals surface area contributed by atoms with Gasteiger partial charge in [-0.1, -0.05) is 184 Å². The molecule has 1 heteroatoms. The van der Waals surface area contributed by atoms with Crippen molar-refractivity contribution in [1.82, 2.24) is 0 Å². The summed E-state index contributed by atoms with van der Waals surface area (Å²) in [6.07, 6.45) is 0. The van der Waals surface area contributed by atoms with Crippen molar-refractivity contribution in [1.29, 1.82) is 0 Å². The van der Waals surface area contributed by atoms with E-state index in [4.69, 9.17) is 0 Å². The highest BCUT2D eigenvalue weighted by atomic mass is 15.1. The summed E-state index contributed by atoms with van der Waals surface area (Å²) in [7, 11) is 0. The van der Waals surface area contributed by atoms with Gasteiger partial charge in [0.2, 0.25) is 0 Å². The van der Waals surface area contributed by atoms with Gasteiger partial charge in [-0.25, -0.2) is 0 Å². The van der Waals surface area contributed by atoms with E-state index in [1.54, 1.807) is 0 Å². The van der Waals surface area contributed by atoms with Crippen LogP contribution in [-0.2, 0) is 10.8 Å². The van der Waals surface area contributed by atoms with Crippen molar-refractivity contribution < 1.29 is 0 Å². The fourth-order valence-electron chi connectivity index (χ4n) is 10.3. The molecule has 9 aromatic rings. The molecule has 9 aromatic carbocycles. The maximum absolute atomic E-state index is 2.47. The molecule has 270 valence electrons. The van der Waals surface area contributed by atoms with Crippen molar-refractivity contribution in [2.45, 2.75) is 24.7 Å². The number of para-hydroxylation sites is 1. The molecular formula is C56H41N. The van der Waals surface area contributed by atoms with Crippen LogP contribution in [0, 0.1) is 0 Å². The third-order valence-corrected chi connectivity index (χ3v) is 12.7. The third kappa shape index (κ3) is 4.89. The van der Waals surface area contributed by atoms with Crippen molar-refractivity contribution in [2.24, 2.45) is 0 Å². The molecule has 0 unspecified atom stereocenters. The lowest BCUT2D eigenvalue weighted by molar-refractivity contribution is 0.666. The lowest BCUT2D eigenvalue weighted by Crippen LogP contribution is -2.28. The Morgan fingerprint density at radius 1 is 0.333 bits per heavy atom. The van der Waals surface area contributed by atoms with Crippen LogP contribution in [0.4, 0.5) is 17.1 Å². The van der Waals surface area contributed by atoms with E-state index in [1.165, 1.54) is 77.5 Å². The molecule has 0 saturated heterocycles. The highest BCUT2D eigenvalue weighted by Gasteiger charge is 2.46. The Hall–Kier alpha value is -6.96. The van der Waals surface area contributed by atoms with Crippen molar-refractivity contribution >= 4 is 27.8 Å². The lowest BCUT2D eigenvalue weighted by atomic mass is 9.67. The second-order valence-corrected chi connectivity index (χ2v) is 16.0. The van der Waals surface area contributed by atoms with E-state index in [0.29, 0.717) is 0 Å². The first kappa shape index (κ1) is 33.4. The van der Waals surface area contributed by atoms with Gasteiger partial charge in [0.1, 0.15) is 0 Å². The minimum atomic E-state index is -0.480. The molecule has 0 bridgehead atoms. The highest BCUT2D eigenvalue weighted by Crippen LogP contribution is 2.58. The number of hydrogen-bond donors (Lipinski definition) is 0. The summed E-state index contributed by atoms with van der Waals surface area (Å²) < 4.78 is 0. The van der Waals surface area contributed by atoms with E-state index < -0.39 is 5.41 Å². The van der Waals surface area contributed by atoms with E-state index >= 15 is 0 Å². The zero-order chi connectivity index (χ0) is 38.1. The molecule has 0 radical (unpaired) electrons. The summed E-state index contributed by atoms with van der Waals surface area (Å²) in [6.45, 7) is 4.81. The van der Waals surface area contributed by atoms with E-state index in [0.717, 1.165) is 17.1 Å². The Morgan fingerprint density at radius 2 is 0.825 bits per heavy atom. The Labute approximate surface area is 335 Å². The topological polar surface area (TPSA) is 3.24 Å². The van der Waals surface area contributed by atoms with Crippen molar-refractivity contribution in [3.05, 3.63) is 246 Å². The summed E-state index contributed by atoms with van der Waals surface area (Å²) in [4.78, 5) is 2.46. The minimum absolute atomic E-state index is 0.215. The number of hydrogen-bond acceptors (Lipinski definition) is 1. The van der Waals surface area contributed by atoms with Crippen LogP contribution in [0.1, 0.15) is 47.2 Å². The van der Waals surface area contributed by atoms with E-state index in [1.807, 2.05) is 0 Å². The zero-order valence-electron chi connectivity index (χ0n) is 32.2. The monoisotopic (exact) mass is 727 g/mol. The van der Waals surface area contributed by atoms with Gasteiger partial charge in [0.15, 0.2) is 0 Å². The van der Waals surface area contributed by atoms with Crippen LogP contribution in [0.15, 0.2) is 212 Å². The van der Waals surface area contributed by atoms with Crippen LogP contribution in [0.25, 0.3) is 44.2 Å². The van der Waals surface area contributed by atoms with Crippen LogP contribution < -0.4 is 4.90 Å². The fraction of sp³-hybridized carbons (Fsp3) is 0.0714. The van der Waals surface area contributed by atoms with Gasteiger partial charge >= 0.3 is 0 Å². The van der Waals surface area contributed by atoms with E-state index in [2.05, 4.69) is 231 Å². The van der Waals surface area contributed by atoms with Crippen molar-refractivity contribution in [2.75, 3.05) is 4.90 Å². The summed E-state index contributed by atoms with van der Waals surface area (Å²) in [5.74, 6) is 0. The Bertz CT molecular complexity index is 2920. The van der Waals surface area contributed by atoms with Gasteiger partial charge < -0.3 is 4.90 Å². The second kappa shape index (κ2) is 12.8. The number of fused-ring (bicyclic) bond motifs is 8. The first-order valence-corrected chi connectivity index (χ1v) is 20.0. The molecule has 0 saturated carbocycles. The van der Waals surface area contributed by atoms with Gasteiger partial charge in [0.25, 0.3) is 0 Å². The second-order valence-electron chi connectivity index (χ2n) is 16.0. The van der Waals surface area contributed by atoms with Gasteiger partial charge in [-0.2, -0.15) is 0 Å². The maximum atomic E-state index is 2.47. The zero-order valence-corrected chi connectivity index (χ0v) is 32.2. The van der Waals surface area contributed by atoms with Crippen LogP contribution in [-0.4, -0.2) is 0 Å². The fourth-order valence-corrected chi connectivity index (χ4v) is 10.3. The largest absolute Gasteiger partial charge is 0.310 e. The molecule has 0 aromatic heterocycles. The third-order valence-electron chi connectivity index (χ3n) is 12.7. The molecule has 2 aliphatic rings. The first-order valence-electron chi connectivity index (χ1n) is 20.0. The molecule has 0 spiro atoms. The summed E-state index contributed by atoms with van der Waals surface area (Å²) in [5.41, 5.74) is 18.4. The van der Waals surface area contributed by atoms with E-state index in [-0.39, 0.29) is 5.41 Å². The molecule has 0 N–H and O–H groups in total. The predicted molar refractivity (Wildman–Crippen MR) is 239 cm³/mol. The average molecular weight is 728 g/mol. The molecular weight excluding hydrogens is 687 g/mol. The first-order chi connectivity index (χ1) is 28.0. The van der Waals surface area contributed by atoms with Crippen molar-refractivity contribution in [3.8, 4) is 33.4 Å². The normalized spacial score (nSPS) is 14.1. The molecule has 0 aliphatic heterocycles. The van der Waals surface area contributed by atoms with Gasteiger partial charge in [-0.3, -0.25) is 0 Å². The molecule has 0 atom stereocenters. The molecule has 0 heterocycles. The van der Waals surface area contributed by atoms with Gasteiger partial charge in [-0.05, 0) is 120 Å². The minimum Gasteiger partial charge on any atom is -0.310 e. The summed E-state index contributed by atoms with van der Waals surface area (Å²) in [5, 5.41) is 2.63. The number of anilines is 3. The van der Waals surface area contributed by atoms with Crippen LogP contribution >= 0.6 is 0 Å². The molecule has 0 amide bonds. The summed E-state index contributed by atoms with van der Waals surface area (Å²) in [6, 6.07) is 78.6. The Kier molecular flexibility index (Phi) is 7.50. The van der Waals surface area contributed by atoms with Crippen molar-refractivity contribution in [3.63, 3.8) is 0 Å². The van der Waals surface area contributed by atoms with Gasteiger partial charge in [0.05, 0.1) is 5.41 Å². The molecule has 57 heavy (non-hydrogen) atoms. The number of rotatable bonds is 6. The standard InChI is InChI=1S/C56H41N/c1-55(2)52-35-42(32-34-47(52)50-37-49(38-19-7-3-8-20-38)44-27-15-16-29-48(44)54(50)55)57(41-25-13-6-14-26-41)43-31-33-46-45-28-17-18-30-51(45)56(53(46)36-43,39-21-9-4-10-22-39)40-23-11-5-12-24-40/h3-37H,1-2H3. The van der Waals surface area contributed by atoms with Crippen LogP contribution in [0.3, 0.4) is 0 Å². The molecule has 1 nitrogen and oxygen atoms in total. The summed E-state index contributed by atoms with van der Waals surface area (Å²) >= 11 is 0. The highest BCUT2D eigenvalue weighted by molar-refractivity contribution is 6.06. The molecule has 2 aliphatic carbocycles. The Morgan fingerprint density at radius 3 is 1.47 bits per heavy atom. The van der Waals surface area contributed by atoms with Gasteiger partial charge in [-0.15, -0.1) is 0 Å². The van der Waals surface area contributed by atoms with E-state index in [9.17, 15) is 0 Å². The SMILES string of the molecule is CC1(C)c2cc(N(c3ccccc3)c3ccc4c(c3)C(c3ccccc3)(c3ccccc3)c3ccccc3-4)ccc2-c2cc(-c3ccccc3)c3ccccc3c21. The number of benzene rings is 9. The quantitative estimate of drug-likeness (QED) is 0.165. The maximum Gasteiger partial charge on any atom is 0.0714 e. The van der Waals surface area contributed by atoms with Gasteiger partial charge in [0, 0.05) is 22.5 Å². The van der Waals surface area contributed by atoms with Crippen LogP contribution in [0.2, 0.25) is 0 Å². The Balaban J connectivity index is 1.13. The molecule has 0 fully saturated rings. The molecule has 11 rings (SSSR count).